The molecule has 2 aromatic rings. The Kier molecular flexibility index (Phi) is 5.19. The smallest absolute Gasteiger partial charge is 0.349 e. The van der Waals surface area contributed by atoms with E-state index in [0.29, 0.717) is 36.9 Å². The molecule has 5 rings (SSSR count). The summed E-state index contributed by atoms with van der Waals surface area (Å²) in [7, 11) is 0. The van der Waals surface area contributed by atoms with Crippen LogP contribution in [-0.2, 0) is 4.79 Å². The minimum Gasteiger partial charge on any atom is -0.427 e. The topological polar surface area (TPSA) is 70.8 Å². The van der Waals surface area contributed by atoms with E-state index in [0.717, 1.165) is 30.4 Å². The number of aryl methyl sites for hydroxylation is 2. The molecule has 0 radical (unpaired) electrons. The monoisotopic (exact) mass is 434 g/mol. The average molecular weight is 435 g/mol. The van der Waals surface area contributed by atoms with Crippen LogP contribution >= 0.6 is 0 Å². The molecule has 1 aromatic heterocycles. The lowest BCUT2D eigenvalue weighted by Crippen LogP contribution is -2.38. The lowest BCUT2D eigenvalue weighted by molar-refractivity contribution is -0.130. The molecule has 2 saturated heterocycles. The van der Waals surface area contributed by atoms with E-state index < -0.39 is 5.63 Å². The molecule has 3 fully saturated rings. The van der Waals surface area contributed by atoms with Crippen molar-refractivity contribution < 1.29 is 14.0 Å². The number of fused-ring (bicyclic) bond motifs is 1. The van der Waals surface area contributed by atoms with Gasteiger partial charge in [0.1, 0.15) is 11.3 Å². The Bertz CT molecular complexity index is 1130. The van der Waals surface area contributed by atoms with Crippen LogP contribution in [0.1, 0.15) is 71.0 Å². The van der Waals surface area contributed by atoms with Crippen molar-refractivity contribution in [2.45, 2.75) is 52.0 Å². The van der Waals surface area contributed by atoms with Crippen LogP contribution in [-0.4, -0.2) is 41.2 Å². The maximum Gasteiger partial charge on any atom is 0.349 e. The van der Waals surface area contributed by atoms with Crippen LogP contribution in [0.5, 0.6) is 0 Å². The van der Waals surface area contributed by atoms with E-state index in [4.69, 9.17) is 4.42 Å². The summed E-state index contributed by atoms with van der Waals surface area (Å²) in [6, 6.07) is 9.99. The van der Waals surface area contributed by atoms with E-state index in [1.165, 1.54) is 0 Å². The van der Waals surface area contributed by atoms with E-state index >= 15 is 0 Å². The molecule has 1 aliphatic carbocycles. The number of hydrogen-bond donors (Lipinski definition) is 0. The predicted molar refractivity (Wildman–Crippen MR) is 120 cm³/mol. The third kappa shape index (κ3) is 3.37. The zero-order valence-corrected chi connectivity index (χ0v) is 19.0. The van der Waals surface area contributed by atoms with Gasteiger partial charge in [-0.2, -0.15) is 0 Å². The SMILES string of the molecule is CC(=O)N1C[C@H]2CN(C(=O)c3c(C)cc(C4CCC4)oc3=O)C[C@H]2[C@@H]1c1ccccc1C. The molecule has 0 unspecified atom stereocenters. The van der Waals surface area contributed by atoms with Crippen LogP contribution < -0.4 is 5.63 Å². The van der Waals surface area contributed by atoms with Gasteiger partial charge in [-0.3, -0.25) is 9.59 Å². The molecular weight excluding hydrogens is 404 g/mol. The van der Waals surface area contributed by atoms with Crippen molar-refractivity contribution in [2.24, 2.45) is 11.8 Å². The second kappa shape index (κ2) is 7.91. The Hall–Kier alpha value is -2.89. The summed E-state index contributed by atoms with van der Waals surface area (Å²) in [5.74, 6) is 1.20. The van der Waals surface area contributed by atoms with Crippen LogP contribution in [0.3, 0.4) is 0 Å². The van der Waals surface area contributed by atoms with Gasteiger partial charge in [0.05, 0.1) is 6.04 Å². The van der Waals surface area contributed by atoms with Crippen molar-refractivity contribution in [1.82, 2.24) is 9.80 Å². The Morgan fingerprint density at radius 2 is 1.78 bits per heavy atom. The van der Waals surface area contributed by atoms with Gasteiger partial charge in [-0.15, -0.1) is 0 Å². The van der Waals surface area contributed by atoms with E-state index in [-0.39, 0.29) is 35.3 Å². The van der Waals surface area contributed by atoms with Crippen LogP contribution in [0.2, 0.25) is 0 Å². The van der Waals surface area contributed by atoms with Crippen molar-refractivity contribution in [2.75, 3.05) is 19.6 Å². The third-order valence-electron chi connectivity index (χ3n) is 7.75. The van der Waals surface area contributed by atoms with Gasteiger partial charge < -0.3 is 14.2 Å². The molecule has 0 N–H and O–H groups in total. The van der Waals surface area contributed by atoms with Crippen molar-refractivity contribution >= 4 is 11.8 Å². The van der Waals surface area contributed by atoms with Gasteiger partial charge in [0.25, 0.3) is 5.91 Å². The second-order valence-electron chi connectivity index (χ2n) is 9.73. The molecule has 6 nitrogen and oxygen atoms in total. The number of carbonyl (C=O) groups is 2. The fourth-order valence-electron chi connectivity index (χ4n) is 5.79. The molecular formula is C26H30N2O4. The predicted octanol–water partition coefficient (Wildman–Crippen LogP) is 3.82. The molecule has 3 atom stereocenters. The average Bonchev–Trinajstić information content (AvgIpc) is 3.25. The van der Waals surface area contributed by atoms with Crippen molar-refractivity contribution in [3.05, 3.63) is 68.8 Å². The first-order valence-corrected chi connectivity index (χ1v) is 11.6. The van der Waals surface area contributed by atoms with Crippen LogP contribution in [0.4, 0.5) is 0 Å². The molecule has 1 aromatic carbocycles. The van der Waals surface area contributed by atoms with E-state index in [9.17, 15) is 14.4 Å². The van der Waals surface area contributed by atoms with E-state index in [1.54, 1.807) is 11.8 Å². The maximum absolute atomic E-state index is 13.4. The lowest BCUT2D eigenvalue weighted by Gasteiger charge is -2.30. The molecule has 6 heteroatoms. The highest BCUT2D eigenvalue weighted by Gasteiger charge is 2.50. The van der Waals surface area contributed by atoms with Gasteiger partial charge in [-0.1, -0.05) is 30.7 Å². The first kappa shape index (κ1) is 21.0. The summed E-state index contributed by atoms with van der Waals surface area (Å²) < 4.78 is 5.57. The van der Waals surface area contributed by atoms with E-state index in [2.05, 4.69) is 19.1 Å². The Labute approximate surface area is 188 Å². The van der Waals surface area contributed by atoms with Gasteiger partial charge >= 0.3 is 5.63 Å². The highest BCUT2D eigenvalue weighted by molar-refractivity contribution is 5.95. The fraction of sp³-hybridized carbons (Fsp3) is 0.500. The Morgan fingerprint density at radius 3 is 2.41 bits per heavy atom. The third-order valence-corrected chi connectivity index (χ3v) is 7.75. The number of amides is 2. The molecule has 3 aliphatic rings. The normalized spacial score (nSPS) is 25.0. The molecule has 1 saturated carbocycles. The van der Waals surface area contributed by atoms with Crippen molar-refractivity contribution in [1.29, 1.82) is 0 Å². The van der Waals surface area contributed by atoms with Gasteiger partial charge in [0.2, 0.25) is 5.91 Å². The largest absolute Gasteiger partial charge is 0.427 e. The minimum atomic E-state index is -0.519. The van der Waals surface area contributed by atoms with Crippen molar-refractivity contribution in [3.63, 3.8) is 0 Å². The Morgan fingerprint density at radius 1 is 1.03 bits per heavy atom. The number of likely N-dealkylation sites (tertiary alicyclic amines) is 2. The Balaban J connectivity index is 1.42. The van der Waals surface area contributed by atoms with Gasteiger partial charge in [0.15, 0.2) is 0 Å². The molecule has 32 heavy (non-hydrogen) atoms. The maximum atomic E-state index is 13.4. The van der Waals surface area contributed by atoms with Crippen molar-refractivity contribution in [3.8, 4) is 0 Å². The first-order valence-electron chi connectivity index (χ1n) is 11.6. The first-order chi connectivity index (χ1) is 15.3. The standard InChI is InChI=1S/C26H30N2O4/c1-15-7-4-5-10-20(15)24-21-14-27(12-19(21)13-28(24)17(3)29)25(30)23-16(2)11-22(32-26(23)31)18-8-6-9-18/h4-5,7,10-11,18-19,21,24H,6,8-9,12-14H2,1-3H3/t19-,21-,24+/m1/s1. The number of benzene rings is 1. The number of carbonyl (C=O) groups excluding carboxylic acids is 2. The number of hydrogen-bond acceptors (Lipinski definition) is 4. The highest BCUT2D eigenvalue weighted by atomic mass is 16.4. The summed E-state index contributed by atoms with van der Waals surface area (Å²) in [4.78, 5) is 42.3. The van der Waals surface area contributed by atoms with Gasteiger partial charge in [-0.25, -0.2) is 4.79 Å². The zero-order valence-electron chi connectivity index (χ0n) is 19.0. The number of nitrogens with zero attached hydrogens (tertiary/aromatic N) is 2. The molecule has 2 amide bonds. The van der Waals surface area contributed by atoms with Gasteiger partial charge in [-0.05, 0) is 49.4 Å². The minimum absolute atomic E-state index is 0.0463. The highest BCUT2D eigenvalue weighted by Crippen LogP contribution is 2.46. The summed E-state index contributed by atoms with van der Waals surface area (Å²) >= 11 is 0. The molecule has 0 spiro atoms. The lowest BCUT2D eigenvalue weighted by atomic mass is 9.83. The zero-order chi connectivity index (χ0) is 22.6. The van der Waals surface area contributed by atoms with Crippen LogP contribution in [0.15, 0.2) is 39.5 Å². The molecule has 2 aliphatic heterocycles. The van der Waals surface area contributed by atoms with Gasteiger partial charge in [0, 0.05) is 44.3 Å². The summed E-state index contributed by atoms with van der Waals surface area (Å²) in [6.07, 6.45) is 3.24. The quantitative estimate of drug-likeness (QED) is 0.736. The molecule has 0 bridgehead atoms. The molecule has 168 valence electrons. The summed E-state index contributed by atoms with van der Waals surface area (Å²) in [5, 5.41) is 0. The fourth-order valence-corrected chi connectivity index (χ4v) is 5.79. The summed E-state index contributed by atoms with van der Waals surface area (Å²) in [5.41, 5.74) is 2.63. The van der Waals surface area contributed by atoms with Crippen LogP contribution in [0, 0.1) is 25.7 Å². The summed E-state index contributed by atoms with van der Waals surface area (Å²) in [6.45, 7) is 7.24. The van der Waals surface area contributed by atoms with E-state index in [1.807, 2.05) is 30.0 Å². The molecule has 3 heterocycles. The van der Waals surface area contributed by atoms with Crippen LogP contribution in [0.25, 0.3) is 0 Å². The number of rotatable bonds is 3. The second-order valence-corrected chi connectivity index (χ2v) is 9.73.